The summed E-state index contributed by atoms with van der Waals surface area (Å²) in [7, 11) is 4.69. The highest BCUT2D eigenvalue weighted by Crippen LogP contribution is 2.17. The summed E-state index contributed by atoms with van der Waals surface area (Å²) in [6.45, 7) is 0. The fourth-order valence-corrected chi connectivity index (χ4v) is 1.75. The SMILES string of the molecule is COC(=O)Nc1ccc2c(c1)n(C)c(=O)n2C. The monoisotopic (exact) mass is 235 g/mol. The van der Waals surface area contributed by atoms with Crippen LogP contribution in [-0.4, -0.2) is 22.3 Å². The van der Waals surface area contributed by atoms with Crippen molar-refractivity contribution in [1.82, 2.24) is 9.13 Å². The molecule has 90 valence electrons. The van der Waals surface area contributed by atoms with E-state index < -0.39 is 6.09 Å². The number of hydrogen-bond acceptors (Lipinski definition) is 3. The lowest BCUT2D eigenvalue weighted by molar-refractivity contribution is 0.187. The molecule has 1 aromatic heterocycles. The Kier molecular flexibility index (Phi) is 2.63. The van der Waals surface area contributed by atoms with E-state index in [0.717, 1.165) is 11.0 Å². The highest BCUT2D eigenvalue weighted by atomic mass is 16.5. The van der Waals surface area contributed by atoms with Gasteiger partial charge in [-0.15, -0.1) is 0 Å². The van der Waals surface area contributed by atoms with Crippen LogP contribution >= 0.6 is 0 Å². The van der Waals surface area contributed by atoms with Gasteiger partial charge in [0.15, 0.2) is 0 Å². The van der Waals surface area contributed by atoms with Gasteiger partial charge in [-0.1, -0.05) is 0 Å². The second-order valence-electron chi connectivity index (χ2n) is 3.72. The number of carbonyl (C=O) groups is 1. The average molecular weight is 235 g/mol. The molecule has 2 aromatic rings. The molecule has 0 unspecified atom stereocenters. The van der Waals surface area contributed by atoms with Crippen LogP contribution in [0.25, 0.3) is 11.0 Å². The van der Waals surface area contributed by atoms with E-state index in [1.54, 1.807) is 36.9 Å². The second-order valence-corrected chi connectivity index (χ2v) is 3.72. The molecule has 0 fully saturated rings. The van der Waals surface area contributed by atoms with Gasteiger partial charge in [0.25, 0.3) is 0 Å². The predicted octanol–water partition coefficient (Wildman–Crippen LogP) is 1.06. The summed E-state index contributed by atoms with van der Waals surface area (Å²) >= 11 is 0. The molecule has 2 rings (SSSR count). The van der Waals surface area contributed by atoms with E-state index in [1.165, 1.54) is 11.7 Å². The summed E-state index contributed by atoms with van der Waals surface area (Å²) in [4.78, 5) is 22.8. The van der Waals surface area contributed by atoms with E-state index in [0.29, 0.717) is 5.69 Å². The molecule has 17 heavy (non-hydrogen) atoms. The van der Waals surface area contributed by atoms with Crippen LogP contribution in [0.3, 0.4) is 0 Å². The van der Waals surface area contributed by atoms with Gasteiger partial charge in [0.2, 0.25) is 0 Å². The zero-order valence-electron chi connectivity index (χ0n) is 9.85. The number of amides is 1. The number of hydrogen-bond donors (Lipinski definition) is 1. The maximum Gasteiger partial charge on any atom is 0.411 e. The van der Waals surface area contributed by atoms with Gasteiger partial charge < -0.3 is 4.74 Å². The Labute approximate surface area is 97.4 Å². The molecule has 0 aliphatic heterocycles. The molecule has 0 saturated heterocycles. The molecule has 1 aromatic carbocycles. The van der Waals surface area contributed by atoms with Crippen LogP contribution < -0.4 is 11.0 Å². The zero-order valence-corrected chi connectivity index (χ0v) is 9.85. The van der Waals surface area contributed by atoms with E-state index in [9.17, 15) is 9.59 Å². The predicted molar refractivity (Wildman–Crippen MR) is 64.2 cm³/mol. The van der Waals surface area contributed by atoms with Crippen LogP contribution in [0, 0.1) is 0 Å². The number of carbonyl (C=O) groups excluding carboxylic acids is 1. The van der Waals surface area contributed by atoms with Gasteiger partial charge in [-0.25, -0.2) is 9.59 Å². The van der Waals surface area contributed by atoms with Gasteiger partial charge >= 0.3 is 11.8 Å². The third kappa shape index (κ3) is 1.77. The Bertz CT molecular complexity index is 639. The summed E-state index contributed by atoms with van der Waals surface area (Å²) in [6, 6.07) is 5.23. The number of nitrogens with one attached hydrogen (secondary N) is 1. The van der Waals surface area contributed by atoms with E-state index >= 15 is 0 Å². The first kappa shape index (κ1) is 11.3. The number of rotatable bonds is 1. The summed E-state index contributed by atoms with van der Waals surface area (Å²) in [5.74, 6) is 0. The third-order valence-electron chi connectivity index (χ3n) is 2.70. The number of anilines is 1. The normalized spacial score (nSPS) is 10.5. The lowest BCUT2D eigenvalue weighted by atomic mass is 10.2. The summed E-state index contributed by atoms with van der Waals surface area (Å²) in [5.41, 5.74) is 2.06. The zero-order chi connectivity index (χ0) is 12.6. The number of aryl methyl sites for hydroxylation is 2. The quantitative estimate of drug-likeness (QED) is 0.803. The van der Waals surface area contributed by atoms with Gasteiger partial charge in [0.1, 0.15) is 0 Å². The van der Waals surface area contributed by atoms with E-state index in [-0.39, 0.29) is 5.69 Å². The number of methoxy groups -OCH3 is 1. The standard InChI is InChI=1S/C11H13N3O3/c1-13-8-5-4-7(12-10(15)17-3)6-9(8)14(2)11(13)16/h4-6H,1-3H3,(H,12,15). The second kappa shape index (κ2) is 3.97. The molecule has 0 aliphatic carbocycles. The Morgan fingerprint density at radius 1 is 1.24 bits per heavy atom. The highest BCUT2D eigenvalue weighted by Gasteiger charge is 2.09. The highest BCUT2D eigenvalue weighted by molar-refractivity contribution is 5.88. The van der Waals surface area contributed by atoms with Crippen molar-refractivity contribution < 1.29 is 9.53 Å². The molecule has 0 aliphatic rings. The lowest BCUT2D eigenvalue weighted by Crippen LogP contribution is -2.19. The smallest absolute Gasteiger partial charge is 0.411 e. The summed E-state index contributed by atoms with van der Waals surface area (Å²) < 4.78 is 7.58. The topological polar surface area (TPSA) is 65.3 Å². The number of benzene rings is 1. The van der Waals surface area contributed by atoms with Crippen molar-refractivity contribution in [2.24, 2.45) is 14.1 Å². The Morgan fingerprint density at radius 3 is 2.53 bits per heavy atom. The van der Waals surface area contributed by atoms with Gasteiger partial charge in [0.05, 0.1) is 18.1 Å². The van der Waals surface area contributed by atoms with Crippen molar-refractivity contribution in [2.75, 3.05) is 12.4 Å². The molecule has 1 heterocycles. The number of imidazole rings is 1. The average Bonchev–Trinajstić information content (AvgIpc) is 2.54. The van der Waals surface area contributed by atoms with Crippen molar-refractivity contribution in [3.8, 4) is 0 Å². The number of nitrogens with zero attached hydrogens (tertiary/aromatic N) is 2. The Hall–Kier alpha value is -2.24. The molecule has 0 atom stereocenters. The number of ether oxygens (including phenoxy) is 1. The minimum absolute atomic E-state index is 0.102. The molecular weight excluding hydrogens is 222 g/mol. The Balaban J connectivity index is 2.54. The van der Waals surface area contributed by atoms with Crippen LogP contribution in [0.5, 0.6) is 0 Å². The van der Waals surface area contributed by atoms with Crippen LogP contribution in [0.2, 0.25) is 0 Å². The fourth-order valence-electron chi connectivity index (χ4n) is 1.75. The van der Waals surface area contributed by atoms with E-state index in [2.05, 4.69) is 10.1 Å². The first-order valence-electron chi connectivity index (χ1n) is 5.05. The first-order valence-corrected chi connectivity index (χ1v) is 5.05. The van der Waals surface area contributed by atoms with Gasteiger partial charge in [-0.3, -0.25) is 14.5 Å². The van der Waals surface area contributed by atoms with Crippen LogP contribution in [0.15, 0.2) is 23.0 Å². The maximum atomic E-state index is 11.7. The molecule has 0 spiro atoms. The molecular formula is C11H13N3O3. The lowest BCUT2D eigenvalue weighted by Gasteiger charge is -2.04. The minimum Gasteiger partial charge on any atom is -0.453 e. The summed E-state index contributed by atoms with van der Waals surface area (Å²) in [5, 5.41) is 2.55. The fraction of sp³-hybridized carbons (Fsp3) is 0.273. The molecule has 1 N–H and O–H groups in total. The molecule has 0 bridgehead atoms. The third-order valence-corrected chi connectivity index (χ3v) is 2.70. The first-order chi connectivity index (χ1) is 8.04. The van der Waals surface area contributed by atoms with Crippen molar-refractivity contribution in [1.29, 1.82) is 0 Å². The summed E-state index contributed by atoms with van der Waals surface area (Å²) in [6.07, 6.45) is -0.537. The Morgan fingerprint density at radius 2 is 1.88 bits per heavy atom. The van der Waals surface area contributed by atoms with Crippen molar-refractivity contribution >= 4 is 22.8 Å². The van der Waals surface area contributed by atoms with Crippen LogP contribution in [-0.2, 0) is 18.8 Å². The molecule has 1 amide bonds. The molecule has 6 heteroatoms. The number of fused-ring (bicyclic) bond motifs is 1. The largest absolute Gasteiger partial charge is 0.453 e. The van der Waals surface area contributed by atoms with Crippen molar-refractivity contribution in [2.45, 2.75) is 0 Å². The van der Waals surface area contributed by atoms with Crippen molar-refractivity contribution in [3.63, 3.8) is 0 Å². The van der Waals surface area contributed by atoms with Crippen LogP contribution in [0.4, 0.5) is 10.5 Å². The molecule has 6 nitrogen and oxygen atoms in total. The van der Waals surface area contributed by atoms with E-state index in [1.807, 2.05) is 0 Å². The maximum absolute atomic E-state index is 11.7. The minimum atomic E-state index is -0.537. The number of aromatic nitrogens is 2. The van der Waals surface area contributed by atoms with Gasteiger partial charge in [0, 0.05) is 19.8 Å². The van der Waals surface area contributed by atoms with Crippen molar-refractivity contribution in [3.05, 3.63) is 28.7 Å². The molecule has 0 saturated carbocycles. The van der Waals surface area contributed by atoms with Gasteiger partial charge in [-0.2, -0.15) is 0 Å². The molecule has 0 radical (unpaired) electrons. The van der Waals surface area contributed by atoms with Crippen LogP contribution in [0.1, 0.15) is 0 Å². The van der Waals surface area contributed by atoms with Gasteiger partial charge in [-0.05, 0) is 18.2 Å². The van der Waals surface area contributed by atoms with E-state index in [4.69, 9.17) is 0 Å².